The van der Waals surface area contributed by atoms with Crippen molar-refractivity contribution >= 4 is 17.7 Å². The quantitative estimate of drug-likeness (QED) is 0.759. The first-order chi connectivity index (χ1) is 9.84. The first-order valence-corrected chi connectivity index (χ1v) is 7.67. The topological polar surface area (TPSA) is 69.7 Å². The number of carbonyl (C=O) groups is 3. The Kier molecular flexibility index (Phi) is 4.66. The van der Waals surface area contributed by atoms with Crippen LogP contribution < -0.4 is 5.32 Å². The highest BCUT2D eigenvalue weighted by Gasteiger charge is 2.52. The van der Waals surface area contributed by atoms with Gasteiger partial charge in [-0.25, -0.2) is 0 Å². The Hall–Kier alpha value is -1.43. The predicted octanol–water partition coefficient (Wildman–Crippen LogP) is 0.720. The molecular formula is C15H25N3O3. The molecule has 2 rings (SSSR count). The highest BCUT2D eigenvalue weighted by atomic mass is 16.2. The summed E-state index contributed by atoms with van der Waals surface area (Å²) in [5.74, 6) is -0.235. The van der Waals surface area contributed by atoms with Crippen LogP contribution in [0.25, 0.3) is 0 Å². The van der Waals surface area contributed by atoms with E-state index in [4.69, 9.17) is 0 Å². The predicted molar refractivity (Wildman–Crippen MR) is 78.1 cm³/mol. The van der Waals surface area contributed by atoms with Gasteiger partial charge in [0.15, 0.2) is 0 Å². The molecule has 2 fully saturated rings. The molecule has 0 unspecified atom stereocenters. The Morgan fingerprint density at radius 1 is 1.33 bits per heavy atom. The SMILES string of the molecule is CC(C)NC(=O)CN(C)CN1C(=O)CC2(CCCC2)C1=O. The van der Waals surface area contributed by atoms with Crippen molar-refractivity contribution < 1.29 is 14.4 Å². The van der Waals surface area contributed by atoms with Crippen molar-refractivity contribution in [1.82, 2.24) is 15.1 Å². The number of hydrogen-bond acceptors (Lipinski definition) is 4. The standard InChI is InChI=1S/C15H25N3O3/c1-11(2)16-12(19)9-17(3)10-18-13(20)8-15(14(18)21)6-4-5-7-15/h11H,4-10H2,1-3H3,(H,16,19). The Labute approximate surface area is 125 Å². The number of amides is 3. The van der Waals surface area contributed by atoms with Crippen LogP contribution in [0, 0.1) is 5.41 Å². The van der Waals surface area contributed by atoms with Gasteiger partial charge in [-0.2, -0.15) is 0 Å². The molecule has 3 amide bonds. The summed E-state index contributed by atoms with van der Waals surface area (Å²) in [6.45, 7) is 4.18. The molecule has 1 aliphatic carbocycles. The fraction of sp³-hybridized carbons (Fsp3) is 0.800. The first kappa shape index (κ1) is 15.9. The average Bonchev–Trinajstić information content (AvgIpc) is 2.90. The van der Waals surface area contributed by atoms with E-state index in [9.17, 15) is 14.4 Å². The Morgan fingerprint density at radius 3 is 2.52 bits per heavy atom. The zero-order valence-electron chi connectivity index (χ0n) is 13.1. The van der Waals surface area contributed by atoms with Crippen molar-refractivity contribution in [1.29, 1.82) is 0 Å². The molecule has 2 aliphatic rings. The molecule has 1 N–H and O–H groups in total. The molecule has 1 heterocycles. The molecule has 0 atom stereocenters. The maximum Gasteiger partial charge on any atom is 0.237 e. The van der Waals surface area contributed by atoms with E-state index in [-0.39, 0.29) is 37.0 Å². The molecule has 0 bridgehead atoms. The molecule has 0 aromatic carbocycles. The van der Waals surface area contributed by atoms with E-state index >= 15 is 0 Å². The van der Waals surface area contributed by atoms with Gasteiger partial charge in [-0.15, -0.1) is 0 Å². The molecule has 0 aromatic rings. The second-order valence-electron chi connectivity index (χ2n) is 6.67. The van der Waals surface area contributed by atoms with Gasteiger partial charge in [0.25, 0.3) is 0 Å². The summed E-state index contributed by atoms with van der Waals surface area (Å²) < 4.78 is 0. The fourth-order valence-corrected chi connectivity index (χ4v) is 3.35. The second kappa shape index (κ2) is 6.13. The van der Waals surface area contributed by atoms with E-state index in [1.54, 1.807) is 11.9 Å². The van der Waals surface area contributed by atoms with Gasteiger partial charge in [0.2, 0.25) is 17.7 Å². The molecule has 1 saturated heterocycles. The van der Waals surface area contributed by atoms with Gasteiger partial charge in [-0.05, 0) is 33.7 Å². The molecule has 1 saturated carbocycles. The number of rotatable bonds is 5. The summed E-state index contributed by atoms with van der Waals surface area (Å²) in [6, 6.07) is 0.0858. The Morgan fingerprint density at radius 2 is 1.95 bits per heavy atom. The van der Waals surface area contributed by atoms with E-state index in [0.717, 1.165) is 25.7 Å². The third-order valence-electron chi connectivity index (χ3n) is 4.30. The third kappa shape index (κ3) is 3.43. The van der Waals surface area contributed by atoms with E-state index in [2.05, 4.69) is 5.32 Å². The summed E-state index contributed by atoms with van der Waals surface area (Å²) in [4.78, 5) is 39.4. The van der Waals surface area contributed by atoms with Crippen LogP contribution in [0.5, 0.6) is 0 Å². The number of likely N-dealkylation sites (N-methyl/N-ethyl adjacent to an activating group) is 1. The van der Waals surface area contributed by atoms with Gasteiger partial charge in [0.1, 0.15) is 0 Å². The Balaban J connectivity index is 1.92. The largest absolute Gasteiger partial charge is 0.353 e. The lowest BCUT2D eigenvalue weighted by Gasteiger charge is -2.25. The lowest BCUT2D eigenvalue weighted by molar-refractivity contribution is -0.144. The van der Waals surface area contributed by atoms with Crippen LogP contribution in [0.1, 0.15) is 46.0 Å². The normalized spacial score (nSPS) is 21.1. The summed E-state index contributed by atoms with van der Waals surface area (Å²) in [5.41, 5.74) is -0.432. The van der Waals surface area contributed by atoms with Crippen molar-refractivity contribution in [2.75, 3.05) is 20.3 Å². The van der Waals surface area contributed by atoms with Gasteiger partial charge < -0.3 is 5.32 Å². The molecule has 6 heteroatoms. The minimum atomic E-state index is -0.432. The molecule has 6 nitrogen and oxygen atoms in total. The zero-order chi connectivity index (χ0) is 15.6. The van der Waals surface area contributed by atoms with E-state index in [1.165, 1.54) is 4.90 Å². The van der Waals surface area contributed by atoms with Crippen molar-refractivity contribution in [3.05, 3.63) is 0 Å². The van der Waals surface area contributed by atoms with E-state index in [1.807, 2.05) is 13.8 Å². The monoisotopic (exact) mass is 295 g/mol. The van der Waals surface area contributed by atoms with E-state index in [0.29, 0.717) is 6.42 Å². The zero-order valence-corrected chi connectivity index (χ0v) is 13.1. The summed E-state index contributed by atoms with van der Waals surface area (Å²) in [7, 11) is 1.75. The van der Waals surface area contributed by atoms with Crippen LogP contribution in [0.2, 0.25) is 0 Å². The summed E-state index contributed by atoms with van der Waals surface area (Å²) in [6.07, 6.45) is 4.05. The molecule has 0 aromatic heterocycles. The number of nitrogens with one attached hydrogen (secondary N) is 1. The number of nitrogens with zero attached hydrogens (tertiary/aromatic N) is 2. The number of hydrogen-bond donors (Lipinski definition) is 1. The summed E-state index contributed by atoms with van der Waals surface area (Å²) >= 11 is 0. The van der Waals surface area contributed by atoms with Crippen molar-refractivity contribution in [2.24, 2.45) is 5.41 Å². The second-order valence-corrected chi connectivity index (χ2v) is 6.67. The van der Waals surface area contributed by atoms with Gasteiger partial charge in [-0.3, -0.25) is 24.2 Å². The molecular weight excluding hydrogens is 270 g/mol. The van der Waals surface area contributed by atoms with E-state index < -0.39 is 5.41 Å². The van der Waals surface area contributed by atoms with Gasteiger partial charge in [0.05, 0.1) is 18.6 Å². The van der Waals surface area contributed by atoms with Crippen LogP contribution in [0.15, 0.2) is 0 Å². The van der Waals surface area contributed by atoms with Crippen LogP contribution in [-0.4, -0.2) is 53.8 Å². The highest BCUT2D eigenvalue weighted by molar-refractivity contribution is 6.06. The van der Waals surface area contributed by atoms with Crippen LogP contribution in [-0.2, 0) is 14.4 Å². The summed E-state index contributed by atoms with van der Waals surface area (Å²) in [5, 5.41) is 2.80. The number of carbonyl (C=O) groups excluding carboxylic acids is 3. The van der Waals surface area contributed by atoms with Crippen molar-refractivity contribution in [3.63, 3.8) is 0 Å². The maximum atomic E-state index is 12.5. The molecule has 1 spiro atoms. The minimum absolute atomic E-state index is 0.0406. The molecule has 1 aliphatic heterocycles. The molecule has 118 valence electrons. The smallest absolute Gasteiger partial charge is 0.237 e. The van der Waals surface area contributed by atoms with Crippen molar-refractivity contribution in [3.8, 4) is 0 Å². The average molecular weight is 295 g/mol. The minimum Gasteiger partial charge on any atom is -0.353 e. The van der Waals surface area contributed by atoms with Crippen molar-refractivity contribution in [2.45, 2.75) is 52.0 Å². The lowest BCUT2D eigenvalue weighted by atomic mass is 9.85. The first-order valence-electron chi connectivity index (χ1n) is 7.67. The van der Waals surface area contributed by atoms with Gasteiger partial charge in [0, 0.05) is 12.5 Å². The lowest BCUT2D eigenvalue weighted by Crippen LogP contribution is -2.45. The number of imide groups is 1. The fourth-order valence-electron chi connectivity index (χ4n) is 3.35. The Bertz CT molecular complexity index is 441. The molecule has 0 radical (unpaired) electrons. The van der Waals surface area contributed by atoms with Crippen LogP contribution in [0.3, 0.4) is 0 Å². The van der Waals surface area contributed by atoms with Crippen LogP contribution >= 0.6 is 0 Å². The maximum absolute atomic E-state index is 12.5. The molecule has 21 heavy (non-hydrogen) atoms. The highest BCUT2D eigenvalue weighted by Crippen LogP contribution is 2.46. The van der Waals surface area contributed by atoms with Gasteiger partial charge >= 0.3 is 0 Å². The third-order valence-corrected chi connectivity index (χ3v) is 4.30. The van der Waals surface area contributed by atoms with Crippen LogP contribution in [0.4, 0.5) is 0 Å². The van der Waals surface area contributed by atoms with Gasteiger partial charge in [-0.1, -0.05) is 12.8 Å². The number of likely N-dealkylation sites (tertiary alicyclic amines) is 1.